The number of benzene rings is 1. The van der Waals surface area contributed by atoms with Crippen molar-refractivity contribution in [1.29, 1.82) is 0 Å². The first kappa shape index (κ1) is 16.4. The van der Waals surface area contributed by atoms with Crippen molar-refractivity contribution >= 4 is 22.8 Å². The predicted octanol–water partition coefficient (Wildman–Crippen LogP) is 2.51. The van der Waals surface area contributed by atoms with E-state index in [0.29, 0.717) is 16.2 Å². The Morgan fingerprint density at radius 1 is 1.20 bits per heavy atom. The predicted molar refractivity (Wildman–Crippen MR) is 98.2 cm³/mol. The molecule has 7 heteroatoms. The molecule has 25 heavy (non-hydrogen) atoms. The summed E-state index contributed by atoms with van der Waals surface area (Å²) in [5.41, 5.74) is 1.22. The van der Waals surface area contributed by atoms with Gasteiger partial charge in [0.05, 0.1) is 18.0 Å². The van der Waals surface area contributed by atoms with Crippen molar-refractivity contribution < 1.29 is 5.11 Å². The highest BCUT2D eigenvalue weighted by atomic mass is 32.2. The van der Waals surface area contributed by atoms with Crippen molar-refractivity contribution in [3.63, 3.8) is 0 Å². The van der Waals surface area contributed by atoms with E-state index in [0.717, 1.165) is 31.4 Å². The first-order valence-electron chi connectivity index (χ1n) is 8.50. The second kappa shape index (κ2) is 6.65. The summed E-state index contributed by atoms with van der Waals surface area (Å²) in [7, 11) is 1.78. The van der Waals surface area contributed by atoms with Crippen LogP contribution >= 0.6 is 11.8 Å². The van der Waals surface area contributed by atoms with Gasteiger partial charge in [0.15, 0.2) is 10.8 Å². The summed E-state index contributed by atoms with van der Waals surface area (Å²) in [4.78, 5) is 17.8. The van der Waals surface area contributed by atoms with E-state index in [9.17, 15) is 9.90 Å². The second-order valence-electron chi connectivity index (χ2n) is 6.38. The van der Waals surface area contributed by atoms with Crippen molar-refractivity contribution in [2.75, 3.05) is 0 Å². The normalized spacial score (nSPS) is 20.9. The van der Waals surface area contributed by atoms with E-state index >= 15 is 0 Å². The molecule has 0 aliphatic heterocycles. The Morgan fingerprint density at radius 2 is 1.96 bits per heavy atom. The summed E-state index contributed by atoms with van der Waals surface area (Å²) in [6, 6.07) is 9.51. The van der Waals surface area contributed by atoms with Crippen molar-refractivity contribution in [1.82, 2.24) is 19.3 Å². The topological polar surface area (TPSA) is 72.9 Å². The molecule has 2 heterocycles. The van der Waals surface area contributed by atoms with Crippen molar-refractivity contribution in [2.24, 2.45) is 7.05 Å². The number of aliphatic hydroxyl groups is 1. The van der Waals surface area contributed by atoms with Gasteiger partial charge in [0, 0.05) is 12.3 Å². The van der Waals surface area contributed by atoms with Gasteiger partial charge >= 0.3 is 0 Å². The fraction of sp³-hybridized carbons (Fsp3) is 0.389. The highest BCUT2D eigenvalue weighted by Crippen LogP contribution is 2.34. The van der Waals surface area contributed by atoms with Crippen LogP contribution in [-0.2, 0) is 7.05 Å². The van der Waals surface area contributed by atoms with Gasteiger partial charge < -0.3 is 5.11 Å². The van der Waals surface area contributed by atoms with Crippen LogP contribution in [0.2, 0.25) is 0 Å². The lowest BCUT2D eigenvalue weighted by Crippen LogP contribution is -2.29. The number of aromatic nitrogens is 4. The molecular formula is C18H20N4O2S. The lowest BCUT2D eigenvalue weighted by molar-refractivity contribution is 0.137. The Hall–Kier alpha value is -2.12. The summed E-state index contributed by atoms with van der Waals surface area (Å²) in [5.74, 6) is 0. The summed E-state index contributed by atoms with van der Waals surface area (Å²) >= 11 is 1.50. The molecule has 1 fully saturated rings. The zero-order valence-corrected chi connectivity index (χ0v) is 14.8. The average Bonchev–Trinajstić information content (AvgIpc) is 2.99. The fourth-order valence-corrected chi connectivity index (χ4v) is 4.58. The smallest absolute Gasteiger partial charge is 0.269 e. The summed E-state index contributed by atoms with van der Waals surface area (Å²) in [6.07, 6.45) is 5.09. The van der Waals surface area contributed by atoms with E-state index in [1.165, 1.54) is 11.8 Å². The molecule has 0 amide bonds. The minimum Gasteiger partial charge on any atom is -0.392 e. The van der Waals surface area contributed by atoms with Crippen LogP contribution in [0.15, 0.2) is 46.5 Å². The molecule has 2 unspecified atom stereocenters. The van der Waals surface area contributed by atoms with E-state index in [4.69, 9.17) is 4.98 Å². The van der Waals surface area contributed by atoms with Crippen molar-refractivity contribution in [3.8, 4) is 5.69 Å². The first-order chi connectivity index (χ1) is 12.1. The van der Waals surface area contributed by atoms with Gasteiger partial charge in [0.25, 0.3) is 5.56 Å². The van der Waals surface area contributed by atoms with Crippen molar-refractivity contribution in [2.45, 2.75) is 42.2 Å². The Morgan fingerprint density at radius 3 is 2.72 bits per heavy atom. The quantitative estimate of drug-likeness (QED) is 0.730. The molecule has 1 saturated carbocycles. The molecule has 1 N–H and O–H groups in total. The molecule has 0 spiro atoms. The van der Waals surface area contributed by atoms with Gasteiger partial charge in [-0.05, 0) is 25.0 Å². The molecule has 2 atom stereocenters. The van der Waals surface area contributed by atoms with Gasteiger partial charge in [-0.1, -0.05) is 42.8 Å². The molecule has 6 nitrogen and oxygen atoms in total. The van der Waals surface area contributed by atoms with E-state index in [2.05, 4.69) is 5.10 Å². The van der Waals surface area contributed by atoms with Gasteiger partial charge in [-0.15, -0.1) is 0 Å². The third kappa shape index (κ3) is 2.98. The Balaban J connectivity index is 1.88. The van der Waals surface area contributed by atoms with E-state index < -0.39 is 0 Å². The van der Waals surface area contributed by atoms with Crippen LogP contribution in [-0.4, -0.2) is 35.8 Å². The monoisotopic (exact) mass is 356 g/mol. The van der Waals surface area contributed by atoms with Crippen LogP contribution in [0.4, 0.5) is 0 Å². The molecule has 2 aromatic heterocycles. The number of aliphatic hydroxyl groups excluding tert-OH is 1. The van der Waals surface area contributed by atoms with E-state index in [-0.39, 0.29) is 16.9 Å². The molecule has 0 radical (unpaired) electrons. The van der Waals surface area contributed by atoms with Gasteiger partial charge in [0.1, 0.15) is 5.39 Å². The number of hydrogen-bond donors (Lipinski definition) is 1. The number of fused-ring (bicyclic) bond motifs is 1. The maximum atomic E-state index is 13.1. The highest BCUT2D eigenvalue weighted by molar-refractivity contribution is 7.99. The van der Waals surface area contributed by atoms with Crippen LogP contribution in [0.1, 0.15) is 25.7 Å². The largest absolute Gasteiger partial charge is 0.392 e. The van der Waals surface area contributed by atoms with Crippen LogP contribution in [0.25, 0.3) is 16.7 Å². The second-order valence-corrected chi connectivity index (χ2v) is 7.59. The first-order valence-corrected chi connectivity index (χ1v) is 9.38. The molecule has 1 aliphatic rings. The summed E-state index contributed by atoms with van der Waals surface area (Å²) < 4.78 is 3.25. The lowest BCUT2D eigenvalue weighted by atomic mass is 9.97. The molecule has 130 valence electrons. The standard InChI is InChI=1S/C18H20N4O2S/c1-21-16-13(11-19-21)17(24)22(12-7-3-2-4-8-12)18(20-16)25-15-10-6-5-9-14(15)23/h2-4,7-8,11,14-15,23H,5-6,9-10H2,1H3. The number of para-hydroxylation sites is 1. The van der Waals surface area contributed by atoms with Crippen molar-refractivity contribution in [3.05, 3.63) is 46.9 Å². The summed E-state index contributed by atoms with van der Waals surface area (Å²) in [6.45, 7) is 0. The van der Waals surface area contributed by atoms with Gasteiger partial charge in [-0.2, -0.15) is 5.10 Å². The molecule has 0 bridgehead atoms. The lowest BCUT2D eigenvalue weighted by Gasteiger charge is -2.27. The van der Waals surface area contributed by atoms with Gasteiger partial charge in [-0.25, -0.2) is 4.98 Å². The number of thioether (sulfide) groups is 1. The van der Waals surface area contributed by atoms with Crippen LogP contribution in [0.5, 0.6) is 0 Å². The molecule has 4 rings (SSSR count). The third-order valence-electron chi connectivity index (χ3n) is 4.67. The Bertz CT molecular complexity index is 951. The number of rotatable bonds is 3. The summed E-state index contributed by atoms with van der Waals surface area (Å²) in [5, 5.41) is 15.7. The van der Waals surface area contributed by atoms with Gasteiger partial charge in [-0.3, -0.25) is 14.0 Å². The average molecular weight is 356 g/mol. The zero-order valence-electron chi connectivity index (χ0n) is 14.0. The number of aryl methyl sites for hydroxylation is 1. The number of hydrogen-bond acceptors (Lipinski definition) is 5. The maximum absolute atomic E-state index is 13.1. The zero-order chi connectivity index (χ0) is 17.4. The third-order valence-corrected chi connectivity index (χ3v) is 6.01. The molecule has 1 aliphatic carbocycles. The van der Waals surface area contributed by atoms with Crippen LogP contribution < -0.4 is 5.56 Å². The number of nitrogens with zero attached hydrogens (tertiary/aromatic N) is 4. The SMILES string of the molecule is Cn1ncc2c(=O)n(-c3ccccc3)c(SC3CCCCC3O)nc21. The fourth-order valence-electron chi connectivity index (χ4n) is 3.30. The van der Waals surface area contributed by atoms with Crippen LogP contribution in [0, 0.1) is 0 Å². The minimum absolute atomic E-state index is 0.0567. The highest BCUT2D eigenvalue weighted by Gasteiger charge is 2.27. The minimum atomic E-state index is -0.359. The van der Waals surface area contributed by atoms with E-state index in [1.807, 2.05) is 30.3 Å². The van der Waals surface area contributed by atoms with Crippen LogP contribution in [0.3, 0.4) is 0 Å². The molecule has 0 saturated heterocycles. The maximum Gasteiger partial charge on any atom is 0.269 e. The molecule has 1 aromatic carbocycles. The van der Waals surface area contributed by atoms with E-state index in [1.54, 1.807) is 22.5 Å². The Labute approximate surface area is 149 Å². The van der Waals surface area contributed by atoms with Gasteiger partial charge in [0.2, 0.25) is 0 Å². The molecule has 3 aromatic rings. The Kier molecular flexibility index (Phi) is 4.35. The molecular weight excluding hydrogens is 336 g/mol.